The molecule has 31 heavy (non-hydrogen) atoms. The number of allylic oxidation sites excluding steroid dienone is 1. The molecule has 5 atom stereocenters. The average Bonchev–Trinajstić information content (AvgIpc) is 2.68. The van der Waals surface area contributed by atoms with Crippen molar-refractivity contribution >= 4 is 45.3 Å². The van der Waals surface area contributed by atoms with E-state index in [-0.39, 0.29) is 18.8 Å². The summed E-state index contributed by atoms with van der Waals surface area (Å²) in [4.78, 5) is 50.4. The van der Waals surface area contributed by atoms with Gasteiger partial charge in [-0.05, 0) is 25.3 Å². The van der Waals surface area contributed by atoms with Crippen LogP contribution >= 0.6 is 21.6 Å². The van der Waals surface area contributed by atoms with Crippen molar-refractivity contribution in [3.63, 3.8) is 0 Å². The molecular weight excluding hydrogens is 442 g/mol. The van der Waals surface area contributed by atoms with Crippen molar-refractivity contribution in [1.29, 1.82) is 0 Å². The van der Waals surface area contributed by atoms with Crippen LogP contribution in [0.25, 0.3) is 0 Å². The van der Waals surface area contributed by atoms with E-state index in [4.69, 9.17) is 4.74 Å². The molecule has 11 heteroatoms. The molecule has 174 valence electrons. The lowest BCUT2D eigenvalue weighted by atomic mass is 9.96. The Hall–Kier alpha value is -1.72. The fourth-order valence-corrected chi connectivity index (χ4v) is 5.36. The fourth-order valence-electron chi connectivity index (χ4n) is 3.20. The third-order valence-electron chi connectivity index (χ3n) is 4.93. The molecule has 0 radical (unpaired) electrons. The van der Waals surface area contributed by atoms with Gasteiger partial charge in [-0.1, -0.05) is 41.5 Å². The van der Waals surface area contributed by atoms with Crippen LogP contribution in [0.5, 0.6) is 0 Å². The maximum Gasteiger partial charge on any atom is 0.309 e. The molecule has 1 saturated heterocycles. The van der Waals surface area contributed by atoms with Crippen LogP contribution in [0.3, 0.4) is 0 Å². The maximum absolute atomic E-state index is 13.0. The number of aliphatic hydroxyl groups excluding tert-OH is 1. The van der Waals surface area contributed by atoms with Gasteiger partial charge in [-0.3, -0.25) is 19.2 Å². The Labute approximate surface area is 190 Å². The van der Waals surface area contributed by atoms with Crippen LogP contribution in [-0.4, -0.2) is 70.6 Å². The number of esters is 1. The summed E-state index contributed by atoms with van der Waals surface area (Å²) >= 11 is 0. The first kappa shape index (κ1) is 25.5. The van der Waals surface area contributed by atoms with Crippen molar-refractivity contribution in [3.05, 3.63) is 12.2 Å². The highest BCUT2D eigenvalue weighted by Gasteiger charge is 2.32. The summed E-state index contributed by atoms with van der Waals surface area (Å²) in [5.41, 5.74) is 0. The molecule has 9 nitrogen and oxygen atoms in total. The highest BCUT2D eigenvalue weighted by atomic mass is 33.1. The Morgan fingerprint density at radius 1 is 1.06 bits per heavy atom. The number of rotatable bonds is 1. The number of hydrogen-bond acceptors (Lipinski definition) is 8. The topological polar surface area (TPSA) is 134 Å². The lowest BCUT2D eigenvalue weighted by Crippen LogP contribution is -2.57. The van der Waals surface area contributed by atoms with E-state index < -0.39 is 54.0 Å². The zero-order valence-electron chi connectivity index (χ0n) is 18.0. The lowest BCUT2D eigenvalue weighted by molar-refractivity contribution is -0.151. The summed E-state index contributed by atoms with van der Waals surface area (Å²) in [5.74, 6) is -1.17. The minimum atomic E-state index is -1.18. The van der Waals surface area contributed by atoms with Crippen molar-refractivity contribution in [1.82, 2.24) is 16.0 Å². The Morgan fingerprint density at radius 2 is 1.81 bits per heavy atom. The minimum Gasteiger partial charge on any atom is -0.457 e. The summed E-state index contributed by atoms with van der Waals surface area (Å²) in [5, 5.41) is 18.7. The number of nitrogens with one attached hydrogen (secondary N) is 3. The van der Waals surface area contributed by atoms with Crippen LogP contribution in [0.4, 0.5) is 0 Å². The van der Waals surface area contributed by atoms with E-state index in [1.165, 1.54) is 17.7 Å². The molecule has 2 rings (SSSR count). The molecular formula is C20H31N3O6S2. The van der Waals surface area contributed by atoms with Crippen molar-refractivity contribution in [2.75, 3.05) is 11.5 Å². The van der Waals surface area contributed by atoms with Gasteiger partial charge in [0.15, 0.2) is 0 Å². The van der Waals surface area contributed by atoms with Gasteiger partial charge in [0.25, 0.3) is 0 Å². The molecule has 0 aromatic heterocycles. The molecule has 4 N–H and O–H groups in total. The Morgan fingerprint density at radius 3 is 2.52 bits per heavy atom. The van der Waals surface area contributed by atoms with E-state index in [9.17, 15) is 24.3 Å². The molecule has 2 bridgehead atoms. The molecule has 1 fully saturated rings. The van der Waals surface area contributed by atoms with Crippen LogP contribution in [-0.2, 0) is 23.9 Å². The molecule has 0 spiro atoms. The quantitative estimate of drug-likeness (QED) is 0.246. The number of ether oxygens (including phenoxy) is 1. The van der Waals surface area contributed by atoms with Crippen LogP contribution in [0, 0.1) is 5.92 Å². The number of hydrogen-bond donors (Lipinski definition) is 4. The highest BCUT2D eigenvalue weighted by molar-refractivity contribution is 8.76. The van der Waals surface area contributed by atoms with Gasteiger partial charge in [0.05, 0.1) is 25.0 Å². The number of amides is 3. The fraction of sp³-hybridized carbons (Fsp3) is 0.700. The van der Waals surface area contributed by atoms with Crippen LogP contribution in [0.15, 0.2) is 12.2 Å². The molecule has 0 unspecified atom stereocenters. The molecule has 3 amide bonds. The monoisotopic (exact) mass is 473 g/mol. The second-order valence-corrected chi connectivity index (χ2v) is 10.6. The average molecular weight is 474 g/mol. The number of aliphatic hydroxyl groups is 1. The molecule has 2 aliphatic rings. The van der Waals surface area contributed by atoms with Crippen molar-refractivity contribution in [2.24, 2.45) is 5.92 Å². The number of fused-ring (bicyclic) bond motifs is 7. The Balaban J connectivity index is 2.41. The van der Waals surface area contributed by atoms with Crippen molar-refractivity contribution < 1.29 is 29.0 Å². The van der Waals surface area contributed by atoms with Gasteiger partial charge in [0.1, 0.15) is 18.2 Å². The van der Waals surface area contributed by atoms with Gasteiger partial charge in [-0.2, -0.15) is 0 Å². The zero-order chi connectivity index (χ0) is 23.0. The molecule has 2 heterocycles. The maximum atomic E-state index is 13.0. The summed E-state index contributed by atoms with van der Waals surface area (Å²) < 4.78 is 5.43. The van der Waals surface area contributed by atoms with E-state index in [0.29, 0.717) is 12.2 Å². The molecule has 0 saturated carbocycles. The van der Waals surface area contributed by atoms with E-state index in [1.54, 1.807) is 16.9 Å². The van der Waals surface area contributed by atoms with E-state index in [2.05, 4.69) is 16.0 Å². The highest BCUT2D eigenvalue weighted by Crippen LogP contribution is 2.24. The smallest absolute Gasteiger partial charge is 0.309 e. The van der Waals surface area contributed by atoms with Crippen LogP contribution < -0.4 is 16.0 Å². The molecule has 0 aromatic rings. The SMILES string of the molecule is CC(C)[C@H]1NC(=O)[C@H]2CSSCC/C=C\[C@H](CC(=O)N[C@H](C)C(=O)N2)OC(=O)C[C@@H]1O. The molecule has 2 aliphatic heterocycles. The number of carbonyl (C=O) groups excluding carboxylic acids is 4. The van der Waals surface area contributed by atoms with Crippen LogP contribution in [0.1, 0.15) is 40.0 Å². The second kappa shape index (κ2) is 12.4. The zero-order valence-corrected chi connectivity index (χ0v) is 19.6. The predicted octanol–water partition coefficient (Wildman–Crippen LogP) is 0.525. The van der Waals surface area contributed by atoms with E-state index in [1.807, 2.05) is 19.9 Å². The van der Waals surface area contributed by atoms with Crippen molar-refractivity contribution in [2.45, 2.75) is 70.4 Å². The Bertz CT molecular complexity index is 702. The van der Waals surface area contributed by atoms with Gasteiger partial charge in [-0.25, -0.2) is 0 Å². The van der Waals surface area contributed by atoms with E-state index >= 15 is 0 Å². The molecule has 0 aliphatic carbocycles. The second-order valence-electron chi connectivity index (χ2n) is 7.96. The minimum absolute atomic E-state index is 0.147. The summed E-state index contributed by atoms with van der Waals surface area (Å²) in [6.07, 6.45) is 1.72. The summed E-state index contributed by atoms with van der Waals surface area (Å²) in [6.45, 7) is 5.17. The summed E-state index contributed by atoms with van der Waals surface area (Å²) in [6, 6.07) is -2.44. The largest absolute Gasteiger partial charge is 0.457 e. The first-order chi connectivity index (χ1) is 14.7. The van der Waals surface area contributed by atoms with Crippen LogP contribution in [0.2, 0.25) is 0 Å². The number of carbonyl (C=O) groups is 4. The third kappa shape index (κ3) is 8.38. The first-order valence-corrected chi connectivity index (χ1v) is 12.8. The standard InChI is InChI=1S/C20H31N3O6S2/c1-11(2)18-15(24)9-17(26)29-13-6-4-5-7-30-31-10-14(20(28)23-18)22-19(27)12(3)21-16(25)8-13/h4,6,11-15,18,24H,5,7-10H2,1-3H3,(H,21,25)(H,22,27)(H,23,28)/b6-4-/t12-,13-,14-,15+,18-/m1/s1. The van der Waals surface area contributed by atoms with Crippen molar-refractivity contribution in [3.8, 4) is 0 Å². The predicted molar refractivity (Wildman–Crippen MR) is 120 cm³/mol. The first-order valence-electron chi connectivity index (χ1n) is 10.4. The normalized spacial score (nSPS) is 33.1. The van der Waals surface area contributed by atoms with E-state index in [0.717, 1.165) is 5.75 Å². The Kier molecular flexibility index (Phi) is 10.2. The lowest BCUT2D eigenvalue weighted by Gasteiger charge is -2.29. The van der Waals surface area contributed by atoms with Gasteiger partial charge >= 0.3 is 5.97 Å². The molecule has 0 aromatic carbocycles. The summed E-state index contributed by atoms with van der Waals surface area (Å²) in [7, 11) is 3.02. The third-order valence-corrected chi connectivity index (χ3v) is 7.37. The van der Waals surface area contributed by atoms with Gasteiger partial charge in [0.2, 0.25) is 17.7 Å². The van der Waals surface area contributed by atoms with Gasteiger partial charge in [0, 0.05) is 11.5 Å². The van der Waals surface area contributed by atoms with Gasteiger partial charge in [-0.15, -0.1) is 0 Å². The van der Waals surface area contributed by atoms with Gasteiger partial charge < -0.3 is 25.8 Å².